The van der Waals surface area contributed by atoms with Crippen LogP contribution in [0.5, 0.6) is 0 Å². The Balaban J connectivity index is 2.93. The lowest BCUT2D eigenvalue weighted by atomic mass is 10.1. The summed E-state index contributed by atoms with van der Waals surface area (Å²) in [6, 6.07) is 1.68. The van der Waals surface area contributed by atoms with Gasteiger partial charge in [-0.05, 0) is 12.1 Å². The molecule has 1 heterocycles. The standard InChI is InChI=1S/C17H14Cl2F5N5O2S/c1-9(17(30)31-4)14-13(7-25)27-29(16(14)26-8-28(2)3)15-11(18)5-10(6-12(15)19)32(20,21,22,23)24/h5-6,8H,1H2,2-4H3/b26-8+. The van der Waals surface area contributed by atoms with Crippen LogP contribution in [0.1, 0.15) is 11.3 Å². The highest BCUT2D eigenvalue weighted by atomic mass is 35.5. The molecule has 0 bridgehead atoms. The molecule has 0 saturated heterocycles. The van der Waals surface area contributed by atoms with Gasteiger partial charge in [-0.3, -0.25) is 0 Å². The minimum atomic E-state index is -10.1. The first-order valence-electron chi connectivity index (χ1n) is 8.16. The number of nitrogens with zero attached hydrogens (tertiary/aromatic N) is 5. The van der Waals surface area contributed by atoms with Gasteiger partial charge in [0.25, 0.3) is 0 Å². The fourth-order valence-corrected chi connectivity index (χ4v) is 3.86. The normalized spacial score (nSPS) is 13.9. The number of rotatable bonds is 6. The van der Waals surface area contributed by atoms with E-state index in [2.05, 4.69) is 21.4 Å². The summed E-state index contributed by atoms with van der Waals surface area (Å²) in [6.45, 7) is 3.53. The summed E-state index contributed by atoms with van der Waals surface area (Å²) >= 11 is 11.8. The van der Waals surface area contributed by atoms with E-state index >= 15 is 0 Å². The van der Waals surface area contributed by atoms with Gasteiger partial charge in [-0.15, -0.1) is 0 Å². The maximum atomic E-state index is 13.2. The molecule has 174 valence electrons. The van der Waals surface area contributed by atoms with Crippen molar-refractivity contribution in [2.75, 3.05) is 21.2 Å². The van der Waals surface area contributed by atoms with E-state index < -0.39 is 42.5 Å². The molecule has 1 aromatic carbocycles. The number of carbonyl (C=O) groups is 1. The van der Waals surface area contributed by atoms with E-state index in [0.717, 1.165) is 11.8 Å². The lowest BCUT2D eigenvalue weighted by molar-refractivity contribution is -0.133. The smallest absolute Gasteiger partial charge is 0.338 e. The quantitative estimate of drug-likeness (QED) is 0.151. The average molecular weight is 518 g/mol. The molecular formula is C17H14Cl2F5N5O2S. The van der Waals surface area contributed by atoms with Gasteiger partial charge in [0, 0.05) is 14.1 Å². The van der Waals surface area contributed by atoms with Gasteiger partial charge in [0.15, 0.2) is 11.5 Å². The number of methoxy groups -OCH3 is 1. The van der Waals surface area contributed by atoms with Gasteiger partial charge in [-0.25, -0.2) is 14.5 Å². The van der Waals surface area contributed by atoms with Crippen molar-refractivity contribution in [2.24, 2.45) is 4.99 Å². The molecule has 0 unspecified atom stereocenters. The Kier molecular flexibility index (Phi) is 6.08. The van der Waals surface area contributed by atoms with Crippen LogP contribution in [0.25, 0.3) is 11.3 Å². The number of halogens is 7. The van der Waals surface area contributed by atoms with Crippen molar-refractivity contribution in [3.05, 3.63) is 40.0 Å². The van der Waals surface area contributed by atoms with Gasteiger partial charge in [-0.1, -0.05) is 49.2 Å². The average Bonchev–Trinajstić information content (AvgIpc) is 3.00. The largest absolute Gasteiger partial charge is 0.465 e. The van der Waals surface area contributed by atoms with Crippen LogP contribution < -0.4 is 0 Å². The molecule has 0 spiro atoms. The van der Waals surface area contributed by atoms with E-state index in [1.54, 1.807) is 20.2 Å². The molecule has 0 aliphatic rings. The molecule has 0 N–H and O–H groups in total. The maximum Gasteiger partial charge on any atom is 0.338 e. The summed E-state index contributed by atoms with van der Waals surface area (Å²) in [7, 11) is -5.89. The molecule has 0 atom stereocenters. The Bertz CT molecular complexity index is 1180. The van der Waals surface area contributed by atoms with Crippen molar-refractivity contribution >= 4 is 57.1 Å². The Morgan fingerprint density at radius 1 is 1.28 bits per heavy atom. The molecular weight excluding hydrogens is 504 g/mol. The number of hydrogen-bond donors (Lipinski definition) is 0. The van der Waals surface area contributed by atoms with Crippen LogP contribution >= 0.6 is 33.4 Å². The van der Waals surface area contributed by atoms with Crippen LogP contribution in [0.4, 0.5) is 25.2 Å². The number of benzene rings is 1. The highest BCUT2D eigenvalue weighted by Gasteiger charge is 2.65. The first-order chi connectivity index (χ1) is 14.4. The molecule has 0 saturated carbocycles. The van der Waals surface area contributed by atoms with Gasteiger partial charge in [-0.2, -0.15) is 10.4 Å². The van der Waals surface area contributed by atoms with Crippen molar-refractivity contribution < 1.29 is 29.0 Å². The molecule has 2 aromatic rings. The van der Waals surface area contributed by atoms with E-state index in [0.29, 0.717) is 0 Å². The molecule has 32 heavy (non-hydrogen) atoms. The van der Waals surface area contributed by atoms with Gasteiger partial charge >= 0.3 is 16.2 Å². The molecule has 0 radical (unpaired) electrons. The number of nitriles is 1. The number of ether oxygens (including phenoxy) is 1. The number of hydrogen-bond acceptors (Lipinski definition) is 5. The van der Waals surface area contributed by atoms with Gasteiger partial charge < -0.3 is 9.64 Å². The highest BCUT2D eigenvalue weighted by Crippen LogP contribution is 3.02. The minimum absolute atomic E-state index is 0.00765. The Morgan fingerprint density at radius 2 is 1.81 bits per heavy atom. The summed E-state index contributed by atoms with van der Waals surface area (Å²) in [6.07, 6.45) is 1.22. The third-order valence-corrected chi connectivity index (χ3v) is 5.46. The second-order valence-corrected chi connectivity index (χ2v) is 9.68. The van der Waals surface area contributed by atoms with Crippen LogP contribution in [0, 0.1) is 11.3 Å². The van der Waals surface area contributed by atoms with Crippen LogP contribution in [0.15, 0.2) is 28.6 Å². The lowest BCUT2D eigenvalue weighted by Gasteiger charge is -2.40. The van der Waals surface area contributed by atoms with Crippen molar-refractivity contribution in [1.82, 2.24) is 14.7 Å². The van der Waals surface area contributed by atoms with Gasteiger partial charge in [0.1, 0.15) is 16.7 Å². The predicted molar refractivity (Wildman–Crippen MR) is 113 cm³/mol. The molecule has 0 fully saturated rings. The van der Waals surface area contributed by atoms with E-state index in [-0.39, 0.29) is 29.1 Å². The topological polar surface area (TPSA) is 83.5 Å². The number of carbonyl (C=O) groups excluding carboxylic acids is 1. The second-order valence-electron chi connectivity index (χ2n) is 6.45. The molecule has 15 heteroatoms. The molecule has 7 nitrogen and oxygen atoms in total. The summed E-state index contributed by atoms with van der Waals surface area (Å²) in [4.78, 5) is 15.2. The molecule has 0 amide bonds. The molecule has 0 aliphatic heterocycles. The predicted octanol–water partition coefficient (Wildman–Crippen LogP) is 6.12. The first-order valence-corrected chi connectivity index (χ1v) is 10.9. The van der Waals surface area contributed by atoms with E-state index in [4.69, 9.17) is 23.2 Å². The summed E-state index contributed by atoms with van der Waals surface area (Å²) < 4.78 is 71.4. The summed E-state index contributed by atoms with van der Waals surface area (Å²) in [5.41, 5.74) is -1.47. The first kappa shape index (κ1) is 25.4. The van der Waals surface area contributed by atoms with Crippen LogP contribution in [0.2, 0.25) is 10.0 Å². The van der Waals surface area contributed by atoms with Crippen LogP contribution in [0.3, 0.4) is 0 Å². The fraction of sp³-hybridized carbons (Fsp3) is 0.176. The number of aliphatic imine (C=N–C) groups is 1. The zero-order valence-electron chi connectivity index (χ0n) is 16.5. The minimum Gasteiger partial charge on any atom is -0.465 e. The fourth-order valence-electron chi connectivity index (χ4n) is 2.40. The van der Waals surface area contributed by atoms with E-state index in [1.165, 1.54) is 11.2 Å². The third kappa shape index (κ3) is 5.14. The van der Waals surface area contributed by atoms with Gasteiger partial charge in [0.05, 0.1) is 34.6 Å². The third-order valence-electron chi connectivity index (χ3n) is 3.76. The highest BCUT2D eigenvalue weighted by molar-refractivity contribution is 8.45. The molecule has 2 rings (SSSR count). The number of esters is 1. The zero-order chi connectivity index (χ0) is 24.7. The number of aromatic nitrogens is 2. The molecule has 0 aliphatic carbocycles. The van der Waals surface area contributed by atoms with Crippen molar-refractivity contribution in [3.63, 3.8) is 0 Å². The lowest BCUT2D eigenvalue weighted by Crippen LogP contribution is -2.09. The van der Waals surface area contributed by atoms with Crippen molar-refractivity contribution in [2.45, 2.75) is 4.90 Å². The van der Waals surface area contributed by atoms with Crippen LogP contribution in [-0.2, 0) is 9.53 Å². The van der Waals surface area contributed by atoms with Gasteiger partial charge in [0.2, 0.25) is 0 Å². The maximum absolute atomic E-state index is 13.2. The SMILES string of the molecule is C=C(C(=O)OC)c1c(C#N)nn(-c2c(Cl)cc(S(F)(F)(F)(F)F)cc2Cl)c1/N=C/N(C)C. The van der Waals surface area contributed by atoms with E-state index in [9.17, 15) is 29.5 Å². The molecule has 1 aromatic heterocycles. The summed E-state index contributed by atoms with van der Waals surface area (Å²) in [5, 5.41) is 11.6. The zero-order valence-corrected chi connectivity index (χ0v) is 18.9. The van der Waals surface area contributed by atoms with Crippen molar-refractivity contribution in [1.29, 1.82) is 5.26 Å². The Hall–Kier alpha value is -2.82. The van der Waals surface area contributed by atoms with Crippen molar-refractivity contribution in [3.8, 4) is 11.8 Å². The monoisotopic (exact) mass is 517 g/mol. The second kappa shape index (κ2) is 7.65. The van der Waals surface area contributed by atoms with Crippen LogP contribution in [-0.4, -0.2) is 48.2 Å². The Labute approximate surface area is 189 Å². The Morgan fingerprint density at radius 3 is 2.22 bits per heavy atom. The summed E-state index contributed by atoms with van der Waals surface area (Å²) in [5.74, 6) is -1.23. The van der Waals surface area contributed by atoms with E-state index in [1.807, 2.05) is 0 Å².